The van der Waals surface area contributed by atoms with E-state index in [2.05, 4.69) is 74.3 Å². The van der Waals surface area contributed by atoms with Gasteiger partial charge in [0.25, 0.3) is 0 Å². The molecule has 0 spiro atoms. The first-order valence-corrected chi connectivity index (χ1v) is 14.8. The molecule has 0 amide bonds. The number of phenolic OH excluding ortho intramolecular Hbond substituents is 1. The van der Waals surface area contributed by atoms with E-state index in [1.54, 1.807) is 19.2 Å². The SMILES string of the molecule is COc1ccc(-c2ccc3c(c2)CCc2cc4c(cc2B3C)CCc2cc(-c3ccc(O)cc3)ccc2B4C)cc1. The predicted molar refractivity (Wildman–Crippen MR) is 175 cm³/mol. The predicted octanol–water partition coefficient (Wildman–Crippen LogP) is 5.41. The Morgan fingerprint density at radius 1 is 0.488 bits per heavy atom. The maximum atomic E-state index is 9.72. The van der Waals surface area contributed by atoms with Gasteiger partial charge in [-0.05, 0) is 72.2 Å². The molecule has 0 saturated carbocycles. The molecule has 2 aliphatic rings. The standard InChI is InChI=1S/C37H34B2O2/c1-38-34-18-12-26(24-8-14-32(40)15-9-24)20-28(34)4-6-30-22-37-31(23-36(30)38)7-5-29-21-27(13-19-35(29)39(37)2)25-10-16-33(41-3)17-11-25/h8-23,40H,4-7H2,1-3H3. The van der Waals surface area contributed by atoms with Crippen molar-refractivity contribution in [1.82, 2.24) is 0 Å². The second-order valence-electron chi connectivity index (χ2n) is 11.8. The maximum Gasteiger partial charge on any atom is 0.206 e. The Balaban J connectivity index is 1.21. The Morgan fingerprint density at radius 3 is 1.32 bits per heavy atom. The van der Waals surface area contributed by atoms with Crippen LogP contribution in [0.4, 0.5) is 0 Å². The second-order valence-corrected chi connectivity index (χ2v) is 11.8. The number of aryl methyl sites for hydroxylation is 4. The zero-order valence-corrected chi connectivity index (χ0v) is 24.1. The van der Waals surface area contributed by atoms with Gasteiger partial charge in [0.05, 0.1) is 7.11 Å². The fraction of sp³-hybridized carbons (Fsp3) is 0.189. The highest BCUT2D eigenvalue weighted by Crippen LogP contribution is 2.26. The number of ether oxygens (including phenoxy) is 1. The van der Waals surface area contributed by atoms with E-state index in [1.807, 2.05) is 24.3 Å². The molecule has 0 saturated heterocycles. The summed E-state index contributed by atoms with van der Waals surface area (Å²) in [7, 11) is 1.71. The number of hydrogen-bond acceptors (Lipinski definition) is 2. The van der Waals surface area contributed by atoms with Crippen LogP contribution in [0.5, 0.6) is 11.5 Å². The summed E-state index contributed by atoms with van der Waals surface area (Å²) in [6, 6.07) is 35.0. The Labute approximate surface area is 244 Å². The molecular weight excluding hydrogens is 498 g/mol. The van der Waals surface area contributed by atoms with Crippen LogP contribution in [-0.2, 0) is 25.7 Å². The minimum atomic E-state index is 0.307. The van der Waals surface area contributed by atoms with Gasteiger partial charge in [-0.15, -0.1) is 0 Å². The van der Waals surface area contributed by atoms with Crippen LogP contribution in [0.25, 0.3) is 22.3 Å². The molecule has 0 aromatic heterocycles. The number of methoxy groups -OCH3 is 1. The average Bonchev–Trinajstić information content (AvgIpc) is 3.23. The lowest BCUT2D eigenvalue weighted by molar-refractivity contribution is 0.415. The van der Waals surface area contributed by atoms with E-state index >= 15 is 0 Å². The minimum Gasteiger partial charge on any atom is -0.508 e. The number of fused-ring (bicyclic) bond motifs is 4. The molecule has 0 unspecified atom stereocenters. The molecule has 0 bridgehead atoms. The molecule has 1 N–H and O–H groups in total. The van der Waals surface area contributed by atoms with Crippen LogP contribution in [0.3, 0.4) is 0 Å². The molecule has 2 aliphatic heterocycles. The summed E-state index contributed by atoms with van der Waals surface area (Å²) in [5, 5.41) is 9.72. The summed E-state index contributed by atoms with van der Waals surface area (Å²) in [4.78, 5) is 0. The lowest BCUT2D eigenvalue weighted by atomic mass is 9.39. The Hall–Kier alpha value is -4.17. The number of aromatic hydroxyl groups is 1. The smallest absolute Gasteiger partial charge is 0.206 e. The Morgan fingerprint density at radius 2 is 0.878 bits per heavy atom. The quantitative estimate of drug-likeness (QED) is 0.315. The Kier molecular flexibility index (Phi) is 6.50. The molecule has 41 heavy (non-hydrogen) atoms. The van der Waals surface area contributed by atoms with Crippen molar-refractivity contribution in [2.24, 2.45) is 0 Å². The van der Waals surface area contributed by atoms with E-state index in [0.29, 0.717) is 19.2 Å². The summed E-state index contributed by atoms with van der Waals surface area (Å²) in [5.41, 5.74) is 16.7. The van der Waals surface area contributed by atoms with Gasteiger partial charge < -0.3 is 9.84 Å². The molecule has 5 aromatic rings. The average molecular weight is 532 g/mol. The van der Waals surface area contributed by atoms with Crippen LogP contribution in [-0.4, -0.2) is 25.6 Å². The van der Waals surface area contributed by atoms with E-state index in [1.165, 1.54) is 60.8 Å². The molecule has 0 radical (unpaired) electrons. The molecule has 200 valence electrons. The van der Waals surface area contributed by atoms with Crippen molar-refractivity contribution in [3.8, 4) is 33.8 Å². The van der Waals surface area contributed by atoms with Crippen molar-refractivity contribution in [3.63, 3.8) is 0 Å². The lowest BCUT2D eigenvalue weighted by Gasteiger charge is -2.19. The van der Waals surface area contributed by atoms with Crippen molar-refractivity contribution >= 4 is 35.3 Å². The highest BCUT2D eigenvalue weighted by molar-refractivity contribution is 6.86. The molecule has 2 nitrogen and oxygen atoms in total. The second kappa shape index (κ2) is 10.3. The van der Waals surface area contributed by atoms with Gasteiger partial charge in [-0.25, -0.2) is 0 Å². The van der Waals surface area contributed by atoms with Gasteiger partial charge in [0, 0.05) is 0 Å². The summed E-state index contributed by atoms with van der Waals surface area (Å²) < 4.78 is 5.36. The molecule has 7 rings (SSSR count). The van der Waals surface area contributed by atoms with Gasteiger partial charge >= 0.3 is 0 Å². The van der Waals surface area contributed by atoms with E-state index in [9.17, 15) is 5.11 Å². The fourth-order valence-electron chi connectivity index (χ4n) is 7.13. The zero-order chi connectivity index (χ0) is 28.1. The van der Waals surface area contributed by atoms with Gasteiger partial charge in [0.2, 0.25) is 13.4 Å². The van der Waals surface area contributed by atoms with E-state index in [-0.39, 0.29) is 0 Å². The van der Waals surface area contributed by atoms with Gasteiger partial charge in [0.15, 0.2) is 0 Å². The van der Waals surface area contributed by atoms with Gasteiger partial charge in [-0.3, -0.25) is 0 Å². The summed E-state index contributed by atoms with van der Waals surface area (Å²) in [6.45, 7) is 5.51. The van der Waals surface area contributed by atoms with Gasteiger partial charge in [-0.2, -0.15) is 0 Å². The fourth-order valence-corrected chi connectivity index (χ4v) is 7.13. The largest absolute Gasteiger partial charge is 0.508 e. The van der Waals surface area contributed by atoms with E-state index < -0.39 is 0 Å². The molecule has 4 heteroatoms. The summed E-state index contributed by atoms with van der Waals surface area (Å²) in [5.74, 6) is 1.20. The maximum absolute atomic E-state index is 9.72. The minimum absolute atomic E-state index is 0.307. The first kappa shape index (κ1) is 25.8. The molecular formula is C37H34B2O2. The normalized spacial score (nSPS) is 13.8. The van der Waals surface area contributed by atoms with Crippen molar-refractivity contribution in [3.05, 3.63) is 119 Å². The third-order valence-corrected chi connectivity index (χ3v) is 9.50. The van der Waals surface area contributed by atoms with Crippen LogP contribution in [0.2, 0.25) is 13.6 Å². The first-order chi connectivity index (χ1) is 20.0. The summed E-state index contributed by atoms with van der Waals surface area (Å²) in [6.07, 6.45) is 4.25. The van der Waals surface area contributed by atoms with Crippen molar-refractivity contribution in [2.75, 3.05) is 7.11 Å². The van der Waals surface area contributed by atoms with E-state index in [4.69, 9.17) is 4.74 Å². The van der Waals surface area contributed by atoms with Crippen LogP contribution in [0.1, 0.15) is 22.3 Å². The number of hydrogen-bond donors (Lipinski definition) is 1. The number of benzene rings is 5. The molecule has 0 aliphatic carbocycles. The van der Waals surface area contributed by atoms with Gasteiger partial charge in [-0.1, -0.05) is 131 Å². The third-order valence-electron chi connectivity index (χ3n) is 9.50. The number of rotatable bonds is 3. The summed E-state index contributed by atoms with van der Waals surface area (Å²) >= 11 is 0. The lowest BCUT2D eigenvalue weighted by Crippen LogP contribution is -2.45. The van der Waals surface area contributed by atoms with Crippen LogP contribution in [0, 0.1) is 0 Å². The number of phenols is 1. The van der Waals surface area contributed by atoms with Crippen molar-refractivity contribution in [1.29, 1.82) is 0 Å². The third kappa shape index (κ3) is 4.66. The Bertz CT molecular complexity index is 1760. The zero-order valence-electron chi connectivity index (χ0n) is 24.1. The highest BCUT2D eigenvalue weighted by atomic mass is 16.5. The van der Waals surface area contributed by atoms with Crippen LogP contribution < -0.4 is 26.6 Å². The first-order valence-electron chi connectivity index (χ1n) is 14.8. The van der Waals surface area contributed by atoms with E-state index in [0.717, 1.165) is 37.0 Å². The topological polar surface area (TPSA) is 29.5 Å². The molecule has 5 aromatic carbocycles. The molecule has 0 fully saturated rings. The van der Waals surface area contributed by atoms with Gasteiger partial charge in [0.1, 0.15) is 11.5 Å². The van der Waals surface area contributed by atoms with Crippen molar-refractivity contribution < 1.29 is 9.84 Å². The molecule has 2 heterocycles. The van der Waals surface area contributed by atoms with Crippen LogP contribution in [0.15, 0.2) is 97.1 Å². The highest BCUT2D eigenvalue weighted by Gasteiger charge is 2.29. The monoisotopic (exact) mass is 532 g/mol. The van der Waals surface area contributed by atoms with Crippen molar-refractivity contribution in [2.45, 2.75) is 39.3 Å². The molecule has 0 atom stereocenters. The van der Waals surface area contributed by atoms with Crippen LogP contribution >= 0.6 is 0 Å².